The maximum Gasteiger partial charge on any atom is 0.137 e. The average Bonchev–Trinajstić information content (AvgIpc) is 2.28. The number of hydrogen-bond donors (Lipinski definition) is 2. The first-order chi connectivity index (χ1) is 7.99. The smallest absolute Gasteiger partial charge is 0.137 e. The molecule has 96 valence electrons. The van der Waals surface area contributed by atoms with Crippen LogP contribution in [0.15, 0.2) is 12.1 Å². The second kappa shape index (κ2) is 6.24. The molecule has 2 N–H and O–H groups in total. The molecule has 0 aromatic heterocycles. The van der Waals surface area contributed by atoms with Crippen LogP contribution in [0.1, 0.15) is 31.0 Å². The largest absolute Gasteiger partial charge is 0.495 e. The monoisotopic (exact) mass is 257 g/mol. The fourth-order valence-corrected chi connectivity index (χ4v) is 2.09. The summed E-state index contributed by atoms with van der Waals surface area (Å²) in [6.07, 6.45) is 0. The van der Waals surface area contributed by atoms with Crippen LogP contribution in [0, 0.1) is 6.92 Å². The molecule has 0 aliphatic heterocycles. The Balaban J connectivity index is 3.07. The Morgan fingerprint density at radius 3 is 2.53 bits per heavy atom. The van der Waals surface area contributed by atoms with Gasteiger partial charge in [-0.2, -0.15) is 0 Å². The van der Waals surface area contributed by atoms with Gasteiger partial charge in [-0.1, -0.05) is 25.4 Å². The van der Waals surface area contributed by atoms with E-state index in [4.69, 9.17) is 16.3 Å². The minimum Gasteiger partial charge on any atom is -0.495 e. The number of aliphatic hydroxyl groups is 1. The van der Waals surface area contributed by atoms with E-state index in [-0.39, 0.29) is 12.6 Å². The van der Waals surface area contributed by atoms with E-state index < -0.39 is 0 Å². The number of benzene rings is 1. The molecule has 1 atom stereocenters. The fraction of sp³-hybridized carbons (Fsp3) is 0.538. The van der Waals surface area contributed by atoms with Crippen molar-refractivity contribution in [2.75, 3.05) is 13.7 Å². The van der Waals surface area contributed by atoms with Crippen LogP contribution < -0.4 is 10.1 Å². The maximum atomic E-state index is 9.43. The lowest BCUT2D eigenvalue weighted by Crippen LogP contribution is -2.31. The summed E-state index contributed by atoms with van der Waals surface area (Å²) in [5.41, 5.74) is 2.06. The third kappa shape index (κ3) is 3.60. The predicted octanol–water partition coefficient (Wildman–Crippen LogP) is 2.69. The van der Waals surface area contributed by atoms with Crippen molar-refractivity contribution in [3.63, 3.8) is 0 Å². The number of nitrogens with one attached hydrogen (secondary N) is 1. The van der Waals surface area contributed by atoms with Crippen molar-refractivity contribution >= 4 is 11.6 Å². The van der Waals surface area contributed by atoms with Crippen LogP contribution in [0.25, 0.3) is 0 Å². The lowest BCUT2D eigenvalue weighted by atomic mass is 10.0. The Kier molecular flexibility index (Phi) is 5.25. The number of ether oxygens (including phenoxy) is 1. The van der Waals surface area contributed by atoms with E-state index in [1.807, 2.05) is 32.9 Å². The van der Waals surface area contributed by atoms with E-state index >= 15 is 0 Å². The third-order valence-electron chi connectivity index (χ3n) is 2.63. The van der Waals surface area contributed by atoms with Gasteiger partial charge in [0.15, 0.2) is 0 Å². The molecule has 0 saturated carbocycles. The van der Waals surface area contributed by atoms with E-state index in [0.717, 1.165) is 11.1 Å². The maximum absolute atomic E-state index is 9.43. The Bertz CT molecular complexity index is 380. The quantitative estimate of drug-likeness (QED) is 0.852. The van der Waals surface area contributed by atoms with Crippen molar-refractivity contribution < 1.29 is 9.84 Å². The first kappa shape index (κ1) is 14.3. The third-order valence-corrected chi connectivity index (χ3v) is 2.93. The summed E-state index contributed by atoms with van der Waals surface area (Å²) >= 11 is 6.10. The molecule has 0 aliphatic rings. The van der Waals surface area contributed by atoms with Gasteiger partial charge in [0.25, 0.3) is 0 Å². The van der Waals surface area contributed by atoms with E-state index in [1.165, 1.54) is 0 Å². The Morgan fingerprint density at radius 2 is 2.06 bits per heavy atom. The number of halogens is 1. The fourth-order valence-electron chi connectivity index (χ4n) is 1.85. The van der Waals surface area contributed by atoms with Gasteiger partial charge < -0.3 is 15.2 Å². The minimum atomic E-state index is -0.0987. The van der Waals surface area contributed by atoms with Gasteiger partial charge >= 0.3 is 0 Å². The molecule has 1 aromatic rings. The Morgan fingerprint density at radius 1 is 1.41 bits per heavy atom. The summed E-state index contributed by atoms with van der Waals surface area (Å²) in [6.45, 7) is 6.12. The van der Waals surface area contributed by atoms with Gasteiger partial charge in [0.2, 0.25) is 0 Å². The Hall–Kier alpha value is -0.770. The molecular formula is C13H20ClNO2. The van der Waals surface area contributed by atoms with Gasteiger partial charge in [-0.15, -0.1) is 0 Å². The zero-order valence-electron chi connectivity index (χ0n) is 10.7. The summed E-state index contributed by atoms with van der Waals surface area (Å²) in [5.74, 6) is 0.661. The van der Waals surface area contributed by atoms with E-state index in [0.29, 0.717) is 16.8 Å². The van der Waals surface area contributed by atoms with E-state index in [1.54, 1.807) is 7.11 Å². The zero-order valence-corrected chi connectivity index (χ0v) is 11.5. The minimum absolute atomic E-state index is 0.0433. The highest BCUT2D eigenvalue weighted by Gasteiger charge is 2.16. The van der Waals surface area contributed by atoms with Gasteiger partial charge in [-0.25, -0.2) is 0 Å². The molecular weight excluding hydrogens is 238 g/mol. The molecule has 0 amide bonds. The first-order valence-electron chi connectivity index (χ1n) is 5.70. The number of methoxy groups -OCH3 is 1. The molecule has 0 heterocycles. The molecule has 0 aliphatic carbocycles. The molecule has 0 bridgehead atoms. The van der Waals surface area contributed by atoms with E-state index in [9.17, 15) is 5.11 Å². The van der Waals surface area contributed by atoms with Gasteiger partial charge in [-0.3, -0.25) is 0 Å². The molecule has 1 rings (SSSR count). The van der Waals surface area contributed by atoms with Crippen LogP contribution in [-0.2, 0) is 0 Å². The normalized spacial score (nSPS) is 12.9. The van der Waals surface area contributed by atoms with Crippen molar-refractivity contribution in [3.05, 3.63) is 28.3 Å². The van der Waals surface area contributed by atoms with Gasteiger partial charge in [-0.05, 0) is 30.2 Å². The van der Waals surface area contributed by atoms with Crippen molar-refractivity contribution in [1.29, 1.82) is 0 Å². The van der Waals surface area contributed by atoms with Crippen LogP contribution in [-0.4, -0.2) is 24.9 Å². The molecule has 0 saturated heterocycles. The van der Waals surface area contributed by atoms with Crippen LogP contribution >= 0.6 is 11.6 Å². The lowest BCUT2D eigenvalue weighted by Gasteiger charge is -2.22. The number of aryl methyl sites for hydroxylation is 1. The van der Waals surface area contributed by atoms with Crippen LogP contribution in [0.4, 0.5) is 0 Å². The van der Waals surface area contributed by atoms with Gasteiger partial charge in [0.05, 0.1) is 24.8 Å². The van der Waals surface area contributed by atoms with Crippen molar-refractivity contribution in [2.45, 2.75) is 32.9 Å². The average molecular weight is 258 g/mol. The van der Waals surface area contributed by atoms with Gasteiger partial charge in [0, 0.05) is 6.04 Å². The SMILES string of the molecule is COc1cc(C)c(C(CO)NC(C)C)cc1Cl. The second-order valence-corrected chi connectivity index (χ2v) is 4.81. The predicted molar refractivity (Wildman–Crippen MR) is 70.8 cm³/mol. The number of aliphatic hydroxyl groups excluding tert-OH is 1. The molecule has 3 nitrogen and oxygen atoms in total. The summed E-state index contributed by atoms with van der Waals surface area (Å²) in [5, 5.41) is 13.3. The first-order valence-corrected chi connectivity index (χ1v) is 6.08. The highest BCUT2D eigenvalue weighted by Crippen LogP contribution is 2.30. The van der Waals surface area contributed by atoms with Gasteiger partial charge in [0.1, 0.15) is 5.75 Å². The van der Waals surface area contributed by atoms with Crippen molar-refractivity contribution in [2.24, 2.45) is 0 Å². The summed E-state index contributed by atoms with van der Waals surface area (Å²) in [6, 6.07) is 3.94. The molecule has 17 heavy (non-hydrogen) atoms. The van der Waals surface area contributed by atoms with Crippen molar-refractivity contribution in [1.82, 2.24) is 5.32 Å². The standard InChI is InChI=1S/C13H20ClNO2/c1-8(2)15-12(7-16)10-6-11(14)13(17-4)5-9(10)3/h5-6,8,12,15-16H,7H2,1-4H3. The summed E-state index contributed by atoms with van der Waals surface area (Å²) < 4.78 is 5.16. The van der Waals surface area contributed by atoms with Crippen LogP contribution in [0.2, 0.25) is 5.02 Å². The van der Waals surface area contributed by atoms with Crippen molar-refractivity contribution in [3.8, 4) is 5.75 Å². The molecule has 1 aromatic carbocycles. The zero-order chi connectivity index (χ0) is 13.0. The lowest BCUT2D eigenvalue weighted by molar-refractivity contribution is 0.237. The highest BCUT2D eigenvalue weighted by molar-refractivity contribution is 6.32. The molecule has 0 spiro atoms. The molecule has 0 fully saturated rings. The topological polar surface area (TPSA) is 41.5 Å². The van der Waals surface area contributed by atoms with E-state index in [2.05, 4.69) is 5.32 Å². The Labute approximate surface area is 108 Å². The van der Waals surface area contributed by atoms with Crippen LogP contribution in [0.3, 0.4) is 0 Å². The second-order valence-electron chi connectivity index (χ2n) is 4.40. The number of rotatable bonds is 5. The molecule has 0 radical (unpaired) electrons. The summed E-state index contributed by atoms with van der Waals surface area (Å²) in [4.78, 5) is 0. The number of hydrogen-bond acceptors (Lipinski definition) is 3. The van der Waals surface area contributed by atoms with Crippen LogP contribution in [0.5, 0.6) is 5.75 Å². The summed E-state index contributed by atoms with van der Waals surface area (Å²) in [7, 11) is 1.59. The molecule has 4 heteroatoms. The molecule has 1 unspecified atom stereocenters. The highest BCUT2D eigenvalue weighted by atomic mass is 35.5.